The molecular formula is C57H111O37P4S4-3. The smallest absolute Gasteiger partial charge is 0.296 e. The quantitative estimate of drug-likeness (QED) is 0.0160. The van der Waals surface area contributed by atoms with Crippen molar-refractivity contribution < 1.29 is 178 Å². The van der Waals surface area contributed by atoms with Crippen molar-refractivity contribution >= 4 is 75.0 Å². The molecule has 608 valence electrons. The highest BCUT2D eigenvalue weighted by molar-refractivity contribution is 8.46. The van der Waals surface area contributed by atoms with Crippen LogP contribution in [0, 0.1) is 23.2 Å². The Bertz CT molecular complexity index is 2160. The molecule has 0 spiro atoms. The Morgan fingerprint density at radius 1 is 0.363 bits per heavy atom. The van der Waals surface area contributed by atoms with Crippen molar-refractivity contribution in [3.63, 3.8) is 0 Å². The van der Waals surface area contributed by atoms with Gasteiger partial charge in [0.15, 0.2) is 18.9 Å². The molecule has 45 heteroatoms. The van der Waals surface area contributed by atoms with Gasteiger partial charge in [-0.3, -0.25) is 0 Å². The molecule has 19 atom stereocenters. The van der Waals surface area contributed by atoms with E-state index in [1.54, 1.807) is 20.8 Å². The van der Waals surface area contributed by atoms with Gasteiger partial charge in [-0.05, 0) is 25.7 Å². The second kappa shape index (κ2) is 55.6. The molecule has 0 bridgehead atoms. The molecule has 3 saturated heterocycles. The zero-order valence-electron chi connectivity index (χ0n) is 58.2. The van der Waals surface area contributed by atoms with Crippen molar-refractivity contribution in [1.82, 2.24) is 0 Å². The third kappa shape index (κ3) is 41.7. The number of aliphatic hydroxyl groups excluding tert-OH is 9. The van der Waals surface area contributed by atoms with E-state index in [0.717, 1.165) is 0 Å². The van der Waals surface area contributed by atoms with Crippen molar-refractivity contribution in [3.05, 3.63) is 0 Å². The van der Waals surface area contributed by atoms with E-state index in [-0.39, 0.29) is 224 Å². The highest BCUT2D eigenvalue weighted by Gasteiger charge is 2.45. The van der Waals surface area contributed by atoms with Gasteiger partial charge in [0, 0.05) is 51.3 Å². The molecule has 3 heterocycles. The van der Waals surface area contributed by atoms with Crippen molar-refractivity contribution in [2.75, 3.05) is 225 Å². The summed E-state index contributed by atoms with van der Waals surface area (Å²) >= 11 is 19.0. The summed E-state index contributed by atoms with van der Waals surface area (Å²) in [5.41, 5.74) is -1.04. The van der Waals surface area contributed by atoms with Gasteiger partial charge in [-0.2, -0.15) is 9.05 Å². The summed E-state index contributed by atoms with van der Waals surface area (Å²) < 4.78 is 133. The molecule has 3 aliphatic rings. The Labute approximate surface area is 618 Å². The normalized spacial score (nSPS) is 28.7. The Balaban J connectivity index is 1.45. The van der Waals surface area contributed by atoms with E-state index in [1.807, 2.05) is 0 Å². The van der Waals surface area contributed by atoms with E-state index in [1.165, 1.54) is 7.11 Å². The van der Waals surface area contributed by atoms with E-state index < -0.39 is 144 Å². The standard InChI is InChI=1S/C57H114O37P4S4/c1-42-48(61)51(64)45(35-58)92-54(42)82-29-23-72-17-20-75-26-32-89-96(68,100)86-14-6-10-79-39-57(38-78-9-5-13-85-95(67,99)71-4,40-80-11-7-15-87-97(69,101)90-33-27-76-21-18-73-24-30-83-55-43(2)49(62)52(65)46(36-59)93-55)41-81-12-8-16-88-98(70,102)91-34-28-77-22-19-74-25-31-84-56-44(3)50(63)53(66)47(37-60)94-56/h42-56,58-66H,5-41H2,1-4H3,(H,67,99)(H,68,100)(H,69,101)(H,70,102)/p-3/t42?,43?,44?,45?,46?,47?,48-,49-,50-,51+,52+,53+,54-,55-,56-,57?,95?,96?,97?,98?/m1/s1. The average Bonchev–Trinajstić information content (AvgIpc) is 0.821. The molecule has 0 aromatic heterocycles. The van der Waals surface area contributed by atoms with E-state index in [0.29, 0.717) is 0 Å². The number of hydrogen-bond donors (Lipinski definition) is 10. The zero-order valence-corrected chi connectivity index (χ0v) is 65.2. The van der Waals surface area contributed by atoms with Crippen LogP contribution in [-0.2, 0) is 147 Å². The first-order valence-electron chi connectivity index (χ1n) is 33.5. The van der Waals surface area contributed by atoms with Crippen LogP contribution in [0.25, 0.3) is 0 Å². The highest BCUT2D eigenvalue weighted by Crippen LogP contribution is 2.57. The van der Waals surface area contributed by atoms with Crippen LogP contribution in [0.3, 0.4) is 0 Å². The molecule has 3 aliphatic heterocycles. The Kier molecular flexibility index (Phi) is 53.2. The Morgan fingerprint density at radius 3 is 0.922 bits per heavy atom. The summed E-state index contributed by atoms with van der Waals surface area (Å²) in [4.78, 5) is 51.0. The summed E-state index contributed by atoms with van der Waals surface area (Å²) in [7, 11) is -2.65. The molecule has 3 rings (SSSR count). The van der Waals surface area contributed by atoms with Gasteiger partial charge in [0.05, 0.1) is 221 Å². The molecule has 0 aromatic rings. The number of thiol groups is 1. The van der Waals surface area contributed by atoms with Crippen LogP contribution < -0.4 is 19.6 Å². The number of rotatable bonds is 65. The monoisotopic (exact) mass is 1640 g/mol. The minimum Gasteiger partial charge on any atom is -0.780 e. The minimum atomic E-state index is -3.94. The van der Waals surface area contributed by atoms with Gasteiger partial charge < -0.3 is 168 Å². The number of aliphatic hydroxyl groups is 9. The molecule has 0 aromatic carbocycles. The van der Waals surface area contributed by atoms with Gasteiger partial charge in [0.2, 0.25) is 0 Å². The summed E-state index contributed by atoms with van der Waals surface area (Å²) in [5.74, 6) is -1.63. The molecular weight excluding hydrogens is 1530 g/mol. The molecule has 0 saturated carbocycles. The van der Waals surface area contributed by atoms with Crippen LogP contribution in [0.4, 0.5) is 0 Å². The third-order valence-corrected chi connectivity index (χ3v) is 21.9. The van der Waals surface area contributed by atoms with Crippen molar-refractivity contribution in [2.45, 2.75) is 120 Å². The summed E-state index contributed by atoms with van der Waals surface area (Å²) in [5, 5.41) is 89.0. The maximum Gasteiger partial charge on any atom is 0.296 e. The van der Waals surface area contributed by atoms with Gasteiger partial charge >= 0.3 is 0 Å². The molecule has 37 nitrogen and oxygen atoms in total. The first-order valence-corrected chi connectivity index (χ1v) is 43.9. The van der Waals surface area contributed by atoms with Crippen LogP contribution in [0.2, 0.25) is 0 Å². The fourth-order valence-corrected chi connectivity index (χ4v) is 13.7. The lowest BCUT2D eigenvalue weighted by Gasteiger charge is -2.40. The van der Waals surface area contributed by atoms with E-state index in [2.05, 4.69) is 12.2 Å². The molecule has 0 aliphatic carbocycles. The predicted octanol–water partition coefficient (Wildman–Crippen LogP) is -3.54. The van der Waals surface area contributed by atoms with Gasteiger partial charge in [-0.15, -0.1) is 0 Å². The van der Waals surface area contributed by atoms with Gasteiger partial charge in [-0.1, -0.05) is 56.2 Å². The average molecular weight is 1640 g/mol. The predicted molar refractivity (Wildman–Crippen MR) is 365 cm³/mol. The lowest BCUT2D eigenvalue weighted by Crippen LogP contribution is -2.55. The second-order valence-electron chi connectivity index (χ2n) is 23.4. The lowest BCUT2D eigenvalue weighted by atomic mass is 9.92. The maximum atomic E-state index is 13.0. The Hall–Kier alpha value is 1.25. The van der Waals surface area contributed by atoms with Crippen molar-refractivity contribution in [2.24, 2.45) is 23.2 Å². The van der Waals surface area contributed by atoms with E-state index in [9.17, 15) is 65.5 Å². The fourth-order valence-electron chi connectivity index (χ4n) is 9.42. The minimum absolute atomic E-state index is 0.0207. The van der Waals surface area contributed by atoms with Crippen LogP contribution in [0.1, 0.15) is 46.5 Å². The molecule has 0 amide bonds. The van der Waals surface area contributed by atoms with Gasteiger partial charge in [0.25, 0.3) is 7.15 Å². The SMILES string of the molecule is COP([O-])(=S)OCCCOCC(COCCCOP([O-])(=S)OCCOCCOCCO[C@@H]1OC(CO)[C@H](O)[C@H](O)C1C)(COCCCOP([O-])(=S)OCCOCCOCCO[C@@H]1OC(CO)[C@H](O)[C@H](O)C1C)COCCCO[P+]([O-])(S)OCCOCCOCCO[C@@H]1OC(CO)[C@H](O)[C@H](O)C1C. The summed E-state index contributed by atoms with van der Waals surface area (Å²) in [6.07, 6.45) is -11.7. The first kappa shape index (κ1) is 97.4. The molecule has 0 radical (unpaired) electrons. The highest BCUT2D eigenvalue weighted by atomic mass is 32.7. The largest absolute Gasteiger partial charge is 0.780 e. The Morgan fingerprint density at radius 2 is 0.618 bits per heavy atom. The van der Waals surface area contributed by atoms with Crippen molar-refractivity contribution in [3.8, 4) is 0 Å². The van der Waals surface area contributed by atoms with Crippen molar-refractivity contribution in [1.29, 1.82) is 0 Å². The summed E-state index contributed by atoms with van der Waals surface area (Å²) in [6.45, 7) is -6.72. The summed E-state index contributed by atoms with van der Waals surface area (Å²) in [6, 6.07) is 0. The zero-order chi connectivity index (χ0) is 75.3. The fraction of sp³-hybridized carbons (Fsp3) is 1.00. The molecule has 3 fully saturated rings. The van der Waals surface area contributed by atoms with E-state index >= 15 is 0 Å². The van der Waals surface area contributed by atoms with Crippen LogP contribution in [0.15, 0.2) is 0 Å². The van der Waals surface area contributed by atoms with Gasteiger partial charge in [-0.25, -0.2) is 0 Å². The van der Waals surface area contributed by atoms with Crippen LogP contribution in [-0.4, -0.2) is 345 Å². The number of ether oxygens (including phenoxy) is 16. The first-order chi connectivity index (χ1) is 48.7. The molecule has 9 N–H and O–H groups in total. The van der Waals surface area contributed by atoms with Crippen LogP contribution in [0.5, 0.6) is 0 Å². The maximum absolute atomic E-state index is 13.0. The lowest BCUT2D eigenvalue weighted by molar-refractivity contribution is -0.284. The second-order valence-corrected chi connectivity index (χ2v) is 34.7. The molecule has 10 unspecified atom stereocenters. The van der Waals surface area contributed by atoms with E-state index in [4.69, 9.17) is 147 Å². The van der Waals surface area contributed by atoms with Crippen LogP contribution >= 0.6 is 39.5 Å². The topological polar surface area (TPSA) is 496 Å². The third-order valence-electron chi connectivity index (χ3n) is 15.2. The number of hydrogen-bond acceptors (Lipinski definition) is 41. The van der Waals surface area contributed by atoms with Gasteiger partial charge in [0.1, 0.15) is 63.4 Å². The molecule has 102 heavy (non-hydrogen) atoms.